The molecule has 0 spiro atoms. The van der Waals surface area contributed by atoms with E-state index in [2.05, 4.69) is 23.9 Å². The molecule has 1 aliphatic carbocycles. The SMILES string of the molecule is CC(Cl)CCCc1ccn(C2CCCCC2)n1. The average molecular weight is 255 g/mol. The number of aromatic nitrogens is 2. The van der Waals surface area contributed by atoms with Gasteiger partial charge in [-0.15, -0.1) is 11.6 Å². The fraction of sp³-hybridized carbons (Fsp3) is 0.786. The van der Waals surface area contributed by atoms with E-state index in [-0.39, 0.29) is 5.38 Å². The second kappa shape index (κ2) is 6.44. The highest BCUT2D eigenvalue weighted by molar-refractivity contribution is 6.20. The normalized spacial score (nSPS) is 19.4. The summed E-state index contributed by atoms with van der Waals surface area (Å²) >= 11 is 5.95. The third-order valence-corrected chi connectivity index (χ3v) is 3.87. The van der Waals surface area contributed by atoms with Gasteiger partial charge in [-0.05, 0) is 45.1 Å². The van der Waals surface area contributed by atoms with Crippen LogP contribution in [0.15, 0.2) is 12.3 Å². The quantitative estimate of drug-likeness (QED) is 0.715. The van der Waals surface area contributed by atoms with Crippen LogP contribution in [0.25, 0.3) is 0 Å². The summed E-state index contributed by atoms with van der Waals surface area (Å²) in [6.07, 6.45) is 12.2. The summed E-state index contributed by atoms with van der Waals surface area (Å²) in [5.74, 6) is 0. The molecule has 1 aliphatic rings. The number of hydrogen-bond donors (Lipinski definition) is 0. The maximum Gasteiger partial charge on any atom is 0.0624 e. The summed E-state index contributed by atoms with van der Waals surface area (Å²) < 4.78 is 2.19. The smallest absolute Gasteiger partial charge is 0.0624 e. The van der Waals surface area contributed by atoms with Crippen LogP contribution >= 0.6 is 11.6 Å². The zero-order valence-corrected chi connectivity index (χ0v) is 11.5. The zero-order chi connectivity index (χ0) is 12.1. The lowest BCUT2D eigenvalue weighted by Gasteiger charge is -2.21. The van der Waals surface area contributed by atoms with Gasteiger partial charge in [-0.3, -0.25) is 4.68 Å². The van der Waals surface area contributed by atoms with Crippen LogP contribution in [-0.4, -0.2) is 15.2 Å². The minimum absolute atomic E-state index is 0.287. The minimum Gasteiger partial charge on any atom is -0.269 e. The molecule has 1 aromatic heterocycles. The molecule has 1 fully saturated rings. The Morgan fingerprint density at radius 1 is 1.41 bits per heavy atom. The highest BCUT2D eigenvalue weighted by Crippen LogP contribution is 2.27. The van der Waals surface area contributed by atoms with Crippen molar-refractivity contribution in [3.05, 3.63) is 18.0 Å². The summed E-state index contributed by atoms with van der Waals surface area (Å²) in [6, 6.07) is 2.83. The van der Waals surface area contributed by atoms with Crippen molar-refractivity contribution in [3.63, 3.8) is 0 Å². The van der Waals surface area contributed by atoms with Crippen molar-refractivity contribution in [3.8, 4) is 0 Å². The number of hydrogen-bond acceptors (Lipinski definition) is 1. The predicted octanol–water partition coefficient (Wildman–Crippen LogP) is 4.34. The molecule has 0 aliphatic heterocycles. The monoisotopic (exact) mass is 254 g/mol. The molecule has 1 heterocycles. The van der Waals surface area contributed by atoms with E-state index in [9.17, 15) is 0 Å². The lowest BCUT2D eigenvalue weighted by molar-refractivity contribution is 0.328. The predicted molar refractivity (Wildman–Crippen MR) is 72.6 cm³/mol. The van der Waals surface area contributed by atoms with Gasteiger partial charge < -0.3 is 0 Å². The molecule has 0 radical (unpaired) electrons. The van der Waals surface area contributed by atoms with Crippen LogP contribution in [0.4, 0.5) is 0 Å². The molecule has 0 amide bonds. The van der Waals surface area contributed by atoms with Crippen molar-refractivity contribution < 1.29 is 0 Å². The number of alkyl halides is 1. The van der Waals surface area contributed by atoms with E-state index in [1.807, 2.05) is 0 Å². The Labute approximate surface area is 109 Å². The van der Waals surface area contributed by atoms with Gasteiger partial charge in [0.2, 0.25) is 0 Å². The van der Waals surface area contributed by atoms with Gasteiger partial charge in [-0.25, -0.2) is 0 Å². The van der Waals surface area contributed by atoms with Crippen molar-refractivity contribution in [2.45, 2.75) is 69.7 Å². The van der Waals surface area contributed by atoms with Crippen molar-refractivity contribution in [2.24, 2.45) is 0 Å². The molecule has 1 atom stereocenters. The van der Waals surface area contributed by atoms with Gasteiger partial charge in [0.25, 0.3) is 0 Å². The van der Waals surface area contributed by atoms with Crippen molar-refractivity contribution in [1.29, 1.82) is 0 Å². The maximum atomic E-state index is 5.95. The maximum absolute atomic E-state index is 5.95. The molecule has 1 aromatic rings. The Morgan fingerprint density at radius 2 is 2.18 bits per heavy atom. The molecule has 1 unspecified atom stereocenters. The van der Waals surface area contributed by atoms with Crippen molar-refractivity contribution in [1.82, 2.24) is 9.78 Å². The molecular formula is C14H23ClN2. The van der Waals surface area contributed by atoms with Gasteiger partial charge in [0.1, 0.15) is 0 Å². The van der Waals surface area contributed by atoms with Crippen LogP contribution in [0.5, 0.6) is 0 Å². The molecule has 2 nitrogen and oxygen atoms in total. The van der Waals surface area contributed by atoms with E-state index in [4.69, 9.17) is 16.7 Å². The number of rotatable bonds is 5. The number of halogens is 1. The van der Waals surface area contributed by atoms with Crippen LogP contribution < -0.4 is 0 Å². The number of aryl methyl sites for hydroxylation is 1. The highest BCUT2D eigenvalue weighted by Gasteiger charge is 2.15. The largest absolute Gasteiger partial charge is 0.269 e. The minimum atomic E-state index is 0.287. The summed E-state index contributed by atoms with van der Waals surface area (Å²) in [4.78, 5) is 0. The van der Waals surface area contributed by atoms with Crippen molar-refractivity contribution >= 4 is 11.6 Å². The molecule has 17 heavy (non-hydrogen) atoms. The first-order valence-electron chi connectivity index (χ1n) is 6.94. The van der Waals surface area contributed by atoms with Gasteiger partial charge in [-0.1, -0.05) is 19.3 Å². The molecule has 1 saturated carbocycles. The second-order valence-electron chi connectivity index (χ2n) is 5.25. The average Bonchev–Trinajstić information content (AvgIpc) is 2.78. The highest BCUT2D eigenvalue weighted by atomic mass is 35.5. The van der Waals surface area contributed by atoms with E-state index in [0.717, 1.165) is 19.3 Å². The molecule has 0 aromatic carbocycles. The summed E-state index contributed by atoms with van der Waals surface area (Å²) in [6.45, 7) is 2.06. The van der Waals surface area contributed by atoms with Gasteiger partial charge >= 0.3 is 0 Å². The topological polar surface area (TPSA) is 17.8 Å². The fourth-order valence-corrected chi connectivity index (χ4v) is 2.78. The third-order valence-electron chi connectivity index (χ3n) is 3.65. The van der Waals surface area contributed by atoms with Crippen LogP contribution in [0.1, 0.15) is 63.6 Å². The third kappa shape index (κ3) is 4.02. The molecule has 3 heteroatoms. The standard InChI is InChI=1S/C14H23ClN2/c1-12(15)6-5-7-13-10-11-17(16-13)14-8-3-2-4-9-14/h10-12,14H,2-9H2,1H3. The Hall–Kier alpha value is -0.500. The molecule has 0 N–H and O–H groups in total. The summed E-state index contributed by atoms with van der Waals surface area (Å²) in [7, 11) is 0. The van der Waals surface area contributed by atoms with Crippen LogP contribution in [0.2, 0.25) is 0 Å². The fourth-order valence-electron chi connectivity index (χ4n) is 2.62. The van der Waals surface area contributed by atoms with Crippen molar-refractivity contribution in [2.75, 3.05) is 0 Å². The molecule has 2 rings (SSSR count). The van der Waals surface area contributed by atoms with Crippen LogP contribution in [0, 0.1) is 0 Å². The van der Waals surface area contributed by atoms with E-state index in [1.165, 1.54) is 37.8 Å². The first-order chi connectivity index (χ1) is 8.25. The molecule has 96 valence electrons. The molecule has 0 saturated heterocycles. The Bertz CT molecular complexity index is 327. The van der Waals surface area contributed by atoms with Gasteiger partial charge in [-0.2, -0.15) is 5.10 Å². The zero-order valence-electron chi connectivity index (χ0n) is 10.7. The molecule has 0 bridgehead atoms. The number of nitrogens with zero attached hydrogens (tertiary/aromatic N) is 2. The summed E-state index contributed by atoms with van der Waals surface area (Å²) in [5.41, 5.74) is 1.23. The first kappa shape index (κ1) is 12.9. The van der Waals surface area contributed by atoms with E-state index in [0.29, 0.717) is 6.04 Å². The Kier molecular flexibility index (Phi) is 4.90. The Balaban J connectivity index is 1.82. The van der Waals surface area contributed by atoms with Crippen LogP contribution in [-0.2, 0) is 6.42 Å². The van der Waals surface area contributed by atoms with Gasteiger partial charge in [0.05, 0.1) is 11.7 Å². The van der Waals surface area contributed by atoms with Crippen LogP contribution in [0.3, 0.4) is 0 Å². The van der Waals surface area contributed by atoms with E-state index < -0.39 is 0 Å². The molecular weight excluding hydrogens is 232 g/mol. The van der Waals surface area contributed by atoms with E-state index in [1.54, 1.807) is 0 Å². The first-order valence-corrected chi connectivity index (χ1v) is 7.37. The summed E-state index contributed by atoms with van der Waals surface area (Å²) in [5, 5.41) is 4.99. The lowest BCUT2D eigenvalue weighted by atomic mass is 9.96. The van der Waals surface area contributed by atoms with E-state index >= 15 is 0 Å². The van der Waals surface area contributed by atoms with Gasteiger partial charge in [0.15, 0.2) is 0 Å². The Morgan fingerprint density at radius 3 is 2.88 bits per heavy atom. The second-order valence-corrected chi connectivity index (χ2v) is 6.00. The van der Waals surface area contributed by atoms with Gasteiger partial charge in [0, 0.05) is 11.6 Å². The lowest BCUT2D eigenvalue weighted by Crippen LogP contribution is -2.13.